The van der Waals surface area contributed by atoms with Gasteiger partial charge in [-0.3, -0.25) is 4.79 Å². The number of sulfonamides is 1. The molecule has 1 aliphatic rings. The maximum Gasteiger partial charge on any atom is 0.310 e. The van der Waals surface area contributed by atoms with E-state index in [9.17, 15) is 18.3 Å². The fourth-order valence-electron chi connectivity index (χ4n) is 6.02. The number of carbonyl (C=O) groups is 1. The van der Waals surface area contributed by atoms with Crippen LogP contribution in [0.15, 0.2) is 59.5 Å². The SMILES string of the molecule is CCCn1nnc2c(C)c([C@H](c3ccc(C)c(CN4C[C@@H](CC)Oc5ccccc5S4(=O)=O)c3)C(C)(C)C(=O)O)ccc21. The molecule has 3 aromatic carbocycles. The fraction of sp³-hybridized carbons (Fsp3) is 0.424. The average molecular weight is 605 g/mol. The Labute approximate surface area is 253 Å². The van der Waals surface area contributed by atoms with Gasteiger partial charge in [0.25, 0.3) is 0 Å². The molecule has 0 fully saturated rings. The molecule has 1 aromatic heterocycles. The molecule has 0 unspecified atom stereocenters. The zero-order valence-electron chi connectivity index (χ0n) is 25.7. The monoisotopic (exact) mass is 604 g/mol. The first-order valence-corrected chi connectivity index (χ1v) is 16.2. The first-order valence-electron chi connectivity index (χ1n) is 14.8. The van der Waals surface area contributed by atoms with Crippen molar-refractivity contribution < 1.29 is 23.1 Å². The lowest BCUT2D eigenvalue weighted by atomic mass is 9.69. The number of fused-ring (bicyclic) bond motifs is 2. The van der Waals surface area contributed by atoms with Crippen LogP contribution in [0.2, 0.25) is 0 Å². The van der Waals surface area contributed by atoms with Gasteiger partial charge in [0.1, 0.15) is 22.3 Å². The molecule has 5 rings (SSSR count). The average Bonchev–Trinajstić information content (AvgIpc) is 3.34. The summed E-state index contributed by atoms with van der Waals surface area (Å²) in [7, 11) is -3.84. The summed E-state index contributed by atoms with van der Waals surface area (Å²) in [5.74, 6) is -1.09. The van der Waals surface area contributed by atoms with Crippen molar-refractivity contribution in [2.24, 2.45) is 5.41 Å². The van der Waals surface area contributed by atoms with Crippen LogP contribution < -0.4 is 4.74 Å². The van der Waals surface area contributed by atoms with Gasteiger partial charge in [-0.25, -0.2) is 13.1 Å². The maximum atomic E-state index is 13.9. The Morgan fingerprint density at radius 1 is 1.12 bits per heavy atom. The molecule has 0 aliphatic carbocycles. The van der Waals surface area contributed by atoms with Crippen LogP contribution >= 0.6 is 0 Å². The highest BCUT2D eigenvalue weighted by Crippen LogP contribution is 2.44. The first kappa shape index (κ1) is 30.7. The van der Waals surface area contributed by atoms with Gasteiger partial charge in [-0.05, 0) is 86.6 Å². The standard InChI is InChI=1S/C33H40N4O5S/c1-7-17-37-27-16-15-26(22(4)31(27)34-35-37)30(33(5,6)32(38)39)23-14-13-21(3)24(18-23)19-36-20-25(8-2)42-28-11-9-10-12-29(28)43(36,40)41/h9-16,18,25,30H,7-8,17,19-20H2,1-6H3,(H,38,39)/t25-,30+/m1/s1. The van der Waals surface area contributed by atoms with Crippen LogP contribution in [0.4, 0.5) is 0 Å². The van der Waals surface area contributed by atoms with Crippen LogP contribution in [0.5, 0.6) is 5.75 Å². The van der Waals surface area contributed by atoms with Crippen molar-refractivity contribution in [2.45, 2.75) is 84.4 Å². The largest absolute Gasteiger partial charge is 0.488 e. The van der Waals surface area contributed by atoms with Gasteiger partial charge >= 0.3 is 5.97 Å². The summed E-state index contributed by atoms with van der Waals surface area (Å²) < 4.78 is 37.2. The summed E-state index contributed by atoms with van der Waals surface area (Å²) >= 11 is 0. The van der Waals surface area contributed by atoms with Crippen LogP contribution in [0.1, 0.15) is 74.3 Å². The van der Waals surface area contributed by atoms with Crippen molar-refractivity contribution in [3.63, 3.8) is 0 Å². The van der Waals surface area contributed by atoms with Gasteiger partial charge in [0.15, 0.2) is 0 Å². The maximum absolute atomic E-state index is 13.9. The smallest absolute Gasteiger partial charge is 0.310 e. The summed E-state index contributed by atoms with van der Waals surface area (Å²) in [5, 5.41) is 19.2. The van der Waals surface area contributed by atoms with Crippen molar-refractivity contribution in [1.82, 2.24) is 19.3 Å². The summed E-state index contributed by atoms with van der Waals surface area (Å²) in [6.07, 6.45) is 1.28. The number of aryl methyl sites for hydroxylation is 3. The molecule has 4 aromatic rings. The van der Waals surface area contributed by atoms with Crippen LogP contribution in [0.25, 0.3) is 11.0 Å². The Hall–Kier alpha value is -3.76. The first-order chi connectivity index (χ1) is 20.4. The minimum Gasteiger partial charge on any atom is -0.488 e. The van der Waals surface area contributed by atoms with Crippen molar-refractivity contribution in [3.05, 3.63) is 82.4 Å². The Balaban J connectivity index is 1.61. The number of hydrogen-bond donors (Lipinski definition) is 1. The number of rotatable bonds is 9. The molecule has 1 N–H and O–H groups in total. The number of para-hydroxylation sites is 1. The molecule has 0 saturated heterocycles. The zero-order valence-corrected chi connectivity index (χ0v) is 26.5. The molecule has 10 heteroatoms. The van der Waals surface area contributed by atoms with Gasteiger partial charge in [-0.15, -0.1) is 5.10 Å². The lowest BCUT2D eigenvalue weighted by Gasteiger charge is -2.33. The molecule has 0 spiro atoms. The number of ether oxygens (including phenoxy) is 1. The van der Waals surface area contributed by atoms with E-state index in [1.165, 1.54) is 4.31 Å². The topological polar surface area (TPSA) is 115 Å². The summed E-state index contributed by atoms with van der Waals surface area (Å²) in [6.45, 7) is 12.5. The molecule has 9 nitrogen and oxygen atoms in total. The van der Waals surface area contributed by atoms with E-state index in [1.54, 1.807) is 38.1 Å². The van der Waals surface area contributed by atoms with E-state index in [1.807, 2.05) is 55.8 Å². The van der Waals surface area contributed by atoms with E-state index < -0.39 is 27.3 Å². The molecule has 2 heterocycles. The van der Waals surface area contributed by atoms with Crippen LogP contribution in [-0.2, 0) is 27.9 Å². The number of nitrogens with zero attached hydrogens (tertiary/aromatic N) is 4. The third kappa shape index (κ3) is 5.54. The zero-order chi connectivity index (χ0) is 31.1. The highest BCUT2D eigenvalue weighted by atomic mass is 32.2. The molecule has 0 saturated carbocycles. The van der Waals surface area contributed by atoms with Gasteiger partial charge in [-0.1, -0.05) is 55.5 Å². The van der Waals surface area contributed by atoms with Crippen molar-refractivity contribution in [2.75, 3.05) is 6.54 Å². The number of benzene rings is 3. The van der Waals surface area contributed by atoms with Crippen molar-refractivity contribution in [3.8, 4) is 5.75 Å². The van der Waals surface area contributed by atoms with Crippen LogP contribution in [0, 0.1) is 19.3 Å². The van der Waals surface area contributed by atoms with E-state index in [2.05, 4.69) is 17.2 Å². The van der Waals surface area contributed by atoms with E-state index in [0.29, 0.717) is 12.2 Å². The van der Waals surface area contributed by atoms with Crippen molar-refractivity contribution >= 4 is 27.0 Å². The Bertz CT molecular complexity index is 1780. The minimum atomic E-state index is -3.84. The normalized spacial score (nSPS) is 17.7. The number of carboxylic acid groups (broad SMARTS) is 1. The third-order valence-corrected chi connectivity index (χ3v) is 10.5. The van der Waals surface area contributed by atoms with E-state index in [4.69, 9.17) is 4.74 Å². The van der Waals surface area contributed by atoms with Gasteiger partial charge in [0.2, 0.25) is 10.0 Å². The minimum absolute atomic E-state index is 0.139. The second-order valence-corrected chi connectivity index (χ2v) is 13.9. The molecular weight excluding hydrogens is 564 g/mol. The fourth-order valence-corrected chi connectivity index (χ4v) is 7.59. The van der Waals surface area contributed by atoms with Gasteiger partial charge < -0.3 is 9.84 Å². The second-order valence-electron chi connectivity index (χ2n) is 12.0. The molecule has 0 radical (unpaired) electrons. The van der Waals surface area contributed by atoms with Gasteiger partial charge in [0.05, 0.1) is 17.5 Å². The lowest BCUT2D eigenvalue weighted by Crippen LogP contribution is -2.36. The van der Waals surface area contributed by atoms with E-state index in [-0.39, 0.29) is 24.1 Å². The third-order valence-electron chi connectivity index (χ3n) is 8.68. The number of aromatic nitrogens is 3. The molecule has 228 valence electrons. The van der Waals surface area contributed by atoms with Gasteiger partial charge in [0, 0.05) is 19.0 Å². The number of aliphatic carboxylic acids is 1. The lowest BCUT2D eigenvalue weighted by molar-refractivity contribution is -0.147. The van der Waals surface area contributed by atoms with Gasteiger partial charge in [-0.2, -0.15) is 4.31 Å². The predicted octanol–water partition coefficient (Wildman–Crippen LogP) is 6.06. The van der Waals surface area contributed by atoms with E-state index in [0.717, 1.165) is 51.8 Å². The molecule has 2 atom stereocenters. The second kappa shape index (κ2) is 11.7. The molecule has 0 bridgehead atoms. The van der Waals surface area contributed by atoms with E-state index >= 15 is 0 Å². The summed E-state index contributed by atoms with van der Waals surface area (Å²) in [6, 6.07) is 16.6. The van der Waals surface area contributed by atoms with Crippen LogP contribution in [0.3, 0.4) is 0 Å². The number of carboxylic acids is 1. The number of hydrogen-bond acceptors (Lipinski definition) is 6. The summed E-state index contributed by atoms with van der Waals surface area (Å²) in [5.41, 5.74) is 4.76. The Morgan fingerprint density at radius 3 is 2.56 bits per heavy atom. The van der Waals surface area contributed by atoms with Crippen LogP contribution in [-0.4, -0.2) is 51.4 Å². The highest BCUT2D eigenvalue weighted by Gasteiger charge is 2.41. The summed E-state index contributed by atoms with van der Waals surface area (Å²) in [4.78, 5) is 12.9. The highest BCUT2D eigenvalue weighted by molar-refractivity contribution is 7.89. The van der Waals surface area contributed by atoms with Crippen molar-refractivity contribution in [1.29, 1.82) is 0 Å². The molecule has 43 heavy (non-hydrogen) atoms. The Morgan fingerprint density at radius 2 is 1.86 bits per heavy atom. The molecule has 0 amide bonds. The quantitative estimate of drug-likeness (QED) is 0.247. The molecule has 1 aliphatic heterocycles. The Kier molecular flexibility index (Phi) is 8.37. The predicted molar refractivity (Wildman–Crippen MR) is 166 cm³/mol. The molecular formula is C33H40N4O5S.